The number of hydrogen-bond acceptors (Lipinski definition) is 6. The first-order valence-corrected chi connectivity index (χ1v) is 11.5. The number of fused-ring (bicyclic) bond motifs is 1. The van der Waals surface area contributed by atoms with E-state index in [1.165, 1.54) is 17.2 Å². The molecule has 0 spiro atoms. The Labute approximate surface area is 211 Å². The van der Waals surface area contributed by atoms with Crippen LogP contribution in [0.1, 0.15) is 16.7 Å². The van der Waals surface area contributed by atoms with E-state index in [0.717, 1.165) is 11.1 Å². The van der Waals surface area contributed by atoms with E-state index in [0.29, 0.717) is 28.2 Å². The summed E-state index contributed by atoms with van der Waals surface area (Å²) < 4.78 is 11.4. The Bertz CT molecular complexity index is 1620. The molecule has 0 saturated carbocycles. The fourth-order valence-corrected chi connectivity index (χ4v) is 4.35. The summed E-state index contributed by atoms with van der Waals surface area (Å²) in [6.45, 7) is 3.72. The molecule has 7 nitrogen and oxygen atoms in total. The minimum atomic E-state index is -0.689. The molecular formula is C28H20N2O5S. The van der Waals surface area contributed by atoms with Gasteiger partial charge in [0.1, 0.15) is 28.9 Å². The van der Waals surface area contributed by atoms with Crippen molar-refractivity contribution in [3.8, 4) is 11.5 Å². The second kappa shape index (κ2) is 9.24. The first kappa shape index (κ1) is 23.2. The molecule has 0 unspecified atom stereocenters. The van der Waals surface area contributed by atoms with Crippen LogP contribution in [0.2, 0.25) is 0 Å². The molecule has 2 amide bonds. The predicted octanol–water partition coefficient (Wildman–Crippen LogP) is 5.03. The van der Waals surface area contributed by atoms with Gasteiger partial charge in [-0.15, -0.1) is 0 Å². The van der Waals surface area contributed by atoms with Gasteiger partial charge in [-0.25, -0.2) is 0 Å². The van der Waals surface area contributed by atoms with Gasteiger partial charge in [-0.2, -0.15) is 0 Å². The minimum absolute atomic E-state index is 0.0595. The maximum Gasteiger partial charge on any atom is 0.270 e. The van der Waals surface area contributed by atoms with Gasteiger partial charge in [0.05, 0.1) is 16.6 Å². The van der Waals surface area contributed by atoms with Crippen LogP contribution in [-0.2, 0) is 9.59 Å². The van der Waals surface area contributed by atoms with Crippen LogP contribution in [-0.4, -0.2) is 16.9 Å². The second-order valence-electron chi connectivity index (χ2n) is 8.34. The number of hydrogen-bond donors (Lipinski definition) is 1. The number of nitrogens with one attached hydrogen (secondary N) is 1. The molecule has 1 fully saturated rings. The van der Waals surface area contributed by atoms with Crippen LogP contribution < -0.4 is 20.4 Å². The molecule has 4 aromatic rings. The molecule has 0 atom stereocenters. The lowest BCUT2D eigenvalue weighted by molar-refractivity contribution is -0.122. The SMILES string of the molecule is Cc1cc(C)c2c(=O)c(/C=C3\C(=O)NC(=S)N(c4ccc(Oc5ccccc5)cc4)C3=O)coc2c1. The molecule has 3 aromatic carbocycles. The molecule has 0 radical (unpaired) electrons. The summed E-state index contributed by atoms with van der Waals surface area (Å²) in [6, 6.07) is 19.6. The highest BCUT2D eigenvalue weighted by Crippen LogP contribution is 2.27. The Kier molecular flexibility index (Phi) is 5.95. The summed E-state index contributed by atoms with van der Waals surface area (Å²) in [5.41, 5.74) is 2.12. The number of aryl methyl sites for hydroxylation is 2. The zero-order valence-electron chi connectivity index (χ0n) is 19.4. The normalized spacial score (nSPS) is 14.9. The fraction of sp³-hybridized carbons (Fsp3) is 0.0714. The van der Waals surface area contributed by atoms with E-state index in [9.17, 15) is 14.4 Å². The van der Waals surface area contributed by atoms with Crippen molar-refractivity contribution in [2.24, 2.45) is 0 Å². The standard InChI is InChI=1S/C28H20N2O5S/c1-16-12-17(2)24-23(13-16)34-15-18(25(24)31)14-22-26(32)29-28(36)30(27(22)33)19-8-10-21(11-9-19)35-20-6-4-3-5-7-20/h3-15H,1-2H3,(H,29,32,36)/b22-14+. The number of amides is 2. The lowest BCUT2D eigenvalue weighted by Gasteiger charge is -2.29. The van der Waals surface area contributed by atoms with Crippen LogP contribution in [0.15, 0.2) is 87.8 Å². The summed E-state index contributed by atoms with van der Waals surface area (Å²) in [5, 5.41) is 2.87. The summed E-state index contributed by atoms with van der Waals surface area (Å²) in [7, 11) is 0. The Hall–Kier alpha value is -4.56. The number of rotatable bonds is 4. The maximum atomic E-state index is 13.4. The van der Waals surface area contributed by atoms with Crippen molar-refractivity contribution in [2.45, 2.75) is 13.8 Å². The van der Waals surface area contributed by atoms with Gasteiger partial charge in [0.2, 0.25) is 0 Å². The number of thiocarbonyl (C=S) groups is 1. The molecule has 1 aromatic heterocycles. The molecule has 36 heavy (non-hydrogen) atoms. The van der Waals surface area contributed by atoms with E-state index in [1.807, 2.05) is 50.2 Å². The number of para-hydroxylation sites is 1. The summed E-state index contributed by atoms with van der Waals surface area (Å²) in [4.78, 5) is 40.4. The van der Waals surface area contributed by atoms with Gasteiger partial charge in [-0.3, -0.25) is 24.6 Å². The van der Waals surface area contributed by atoms with E-state index in [1.54, 1.807) is 30.3 Å². The third-order valence-electron chi connectivity index (χ3n) is 5.72. The van der Waals surface area contributed by atoms with Crippen LogP contribution in [0.5, 0.6) is 11.5 Å². The Morgan fingerprint density at radius 1 is 0.944 bits per heavy atom. The highest BCUT2D eigenvalue weighted by atomic mass is 32.1. The molecule has 5 rings (SSSR count). The van der Waals surface area contributed by atoms with E-state index in [4.69, 9.17) is 21.4 Å². The molecule has 2 heterocycles. The van der Waals surface area contributed by atoms with Crippen molar-refractivity contribution >= 4 is 51.9 Å². The fourth-order valence-electron chi connectivity index (χ4n) is 4.07. The van der Waals surface area contributed by atoms with Crippen molar-refractivity contribution in [1.29, 1.82) is 0 Å². The molecule has 1 aliphatic heterocycles. The average molecular weight is 497 g/mol. The molecule has 178 valence electrons. The lowest BCUT2D eigenvalue weighted by Crippen LogP contribution is -2.54. The molecule has 1 aliphatic rings. The third-order valence-corrected chi connectivity index (χ3v) is 6.01. The van der Waals surface area contributed by atoms with Crippen molar-refractivity contribution < 1.29 is 18.7 Å². The van der Waals surface area contributed by atoms with Crippen molar-refractivity contribution in [2.75, 3.05) is 4.90 Å². The highest BCUT2D eigenvalue weighted by Gasteiger charge is 2.34. The van der Waals surface area contributed by atoms with E-state index in [-0.39, 0.29) is 21.7 Å². The van der Waals surface area contributed by atoms with Crippen molar-refractivity contribution in [3.63, 3.8) is 0 Å². The number of ether oxygens (including phenoxy) is 1. The third kappa shape index (κ3) is 4.30. The Morgan fingerprint density at radius 2 is 1.64 bits per heavy atom. The summed E-state index contributed by atoms with van der Waals surface area (Å²) in [5.74, 6) is -0.0996. The van der Waals surface area contributed by atoms with E-state index in [2.05, 4.69) is 5.32 Å². The average Bonchev–Trinajstić information content (AvgIpc) is 2.84. The Morgan fingerprint density at radius 3 is 2.36 bits per heavy atom. The number of nitrogens with zero attached hydrogens (tertiary/aromatic N) is 1. The number of benzene rings is 3. The van der Waals surface area contributed by atoms with Crippen LogP contribution in [0.3, 0.4) is 0 Å². The minimum Gasteiger partial charge on any atom is -0.463 e. The largest absolute Gasteiger partial charge is 0.463 e. The monoisotopic (exact) mass is 496 g/mol. The van der Waals surface area contributed by atoms with E-state index < -0.39 is 11.8 Å². The number of anilines is 1. The Balaban J connectivity index is 1.48. The highest BCUT2D eigenvalue weighted by molar-refractivity contribution is 7.80. The number of carbonyl (C=O) groups is 2. The zero-order valence-corrected chi connectivity index (χ0v) is 20.2. The second-order valence-corrected chi connectivity index (χ2v) is 8.73. The van der Waals surface area contributed by atoms with Gasteiger partial charge in [0, 0.05) is 0 Å². The topological polar surface area (TPSA) is 88.9 Å². The molecule has 1 saturated heterocycles. The predicted molar refractivity (Wildman–Crippen MR) is 141 cm³/mol. The van der Waals surface area contributed by atoms with Crippen LogP contribution >= 0.6 is 12.2 Å². The van der Waals surface area contributed by atoms with Crippen LogP contribution in [0.25, 0.3) is 17.0 Å². The van der Waals surface area contributed by atoms with Crippen LogP contribution in [0, 0.1) is 13.8 Å². The summed E-state index contributed by atoms with van der Waals surface area (Å²) >= 11 is 5.27. The molecule has 0 aliphatic carbocycles. The first-order chi connectivity index (χ1) is 17.3. The maximum absolute atomic E-state index is 13.4. The van der Waals surface area contributed by atoms with E-state index >= 15 is 0 Å². The molecule has 1 N–H and O–H groups in total. The van der Waals surface area contributed by atoms with Gasteiger partial charge >= 0.3 is 0 Å². The van der Waals surface area contributed by atoms with Crippen LogP contribution in [0.4, 0.5) is 5.69 Å². The molecule has 0 bridgehead atoms. The van der Waals surface area contributed by atoms with Gasteiger partial charge < -0.3 is 9.15 Å². The van der Waals surface area contributed by atoms with Gasteiger partial charge in [-0.1, -0.05) is 24.3 Å². The van der Waals surface area contributed by atoms with Gasteiger partial charge in [0.15, 0.2) is 10.5 Å². The number of carbonyl (C=O) groups excluding carboxylic acids is 2. The van der Waals surface area contributed by atoms with Crippen molar-refractivity contribution in [1.82, 2.24) is 5.32 Å². The molecular weight excluding hydrogens is 476 g/mol. The summed E-state index contributed by atoms with van der Waals surface area (Å²) in [6.07, 6.45) is 2.49. The lowest BCUT2D eigenvalue weighted by atomic mass is 10.0. The quantitative estimate of drug-likeness (QED) is 0.242. The first-order valence-electron chi connectivity index (χ1n) is 11.1. The van der Waals surface area contributed by atoms with Gasteiger partial charge in [-0.05, 0) is 85.7 Å². The zero-order chi connectivity index (χ0) is 25.4. The molecule has 8 heteroatoms. The smallest absolute Gasteiger partial charge is 0.270 e. The van der Waals surface area contributed by atoms with Crippen molar-refractivity contribution in [3.05, 3.63) is 105 Å². The van der Waals surface area contributed by atoms with Gasteiger partial charge in [0.25, 0.3) is 11.8 Å².